The van der Waals surface area contributed by atoms with Crippen molar-refractivity contribution < 1.29 is 32.5 Å². The lowest BCUT2D eigenvalue weighted by Gasteiger charge is -2.70. The Kier molecular flexibility index (Phi) is 4.80. The molecule has 0 saturated heterocycles. The largest absolute Gasteiger partial charge is 0.522 e. The number of rotatable bonds is 6. The molecule has 182 valence electrons. The van der Waals surface area contributed by atoms with E-state index in [0.29, 0.717) is 22.8 Å². The zero-order valence-corrected chi connectivity index (χ0v) is 18.8. The SMILES string of the molecule is O=C(NC12CC(n3cc([C@@H]4C[C@H]4COC(F)(F)F)cn3)(C1)C2)[C@@H]1C[C@@H](O)c2cc(Cl)ccc2O1. The van der Waals surface area contributed by atoms with Crippen molar-refractivity contribution >= 4 is 17.5 Å². The number of carbonyl (C=O) groups is 1. The van der Waals surface area contributed by atoms with E-state index in [1.807, 2.05) is 10.9 Å². The van der Waals surface area contributed by atoms with Crippen molar-refractivity contribution in [3.8, 4) is 5.75 Å². The Balaban J connectivity index is 1.03. The minimum atomic E-state index is -4.60. The number of benzene rings is 1. The monoisotopic (exact) mass is 497 g/mol. The second kappa shape index (κ2) is 7.35. The molecule has 0 unspecified atom stereocenters. The van der Waals surface area contributed by atoms with Crippen LogP contribution in [-0.2, 0) is 15.1 Å². The van der Waals surface area contributed by atoms with E-state index in [9.17, 15) is 23.1 Å². The van der Waals surface area contributed by atoms with E-state index in [1.165, 1.54) is 0 Å². The number of aliphatic hydroxyl groups is 1. The van der Waals surface area contributed by atoms with Crippen LogP contribution in [0.5, 0.6) is 5.75 Å². The molecule has 2 bridgehead atoms. The molecule has 2 N–H and O–H groups in total. The van der Waals surface area contributed by atoms with Crippen LogP contribution in [0.15, 0.2) is 30.6 Å². The van der Waals surface area contributed by atoms with Gasteiger partial charge in [0, 0.05) is 28.7 Å². The topological polar surface area (TPSA) is 85.6 Å². The van der Waals surface area contributed by atoms with Gasteiger partial charge >= 0.3 is 6.36 Å². The fraction of sp³-hybridized carbons (Fsp3) is 0.565. The zero-order valence-electron chi connectivity index (χ0n) is 18.0. The molecule has 4 fully saturated rings. The Hall–Kier alpha value is -2.30. The molecule has 7 nitrogen and oxygen atoms in total. The molecule has 4 atom stereocenters. The Morgan fingerprint density at radius 3 is 2.82 bits per heavy atom. The summed E-state index contributed by atoms with van der Waals surface area (Å²) in [4.78, 5) is 12.9. The fourth-order valence-corrected chi connectivity index (χ4v) is 6.04. The van der Waals surface area contributed by atoms with Crippen molar-refractivity contribution in [3.05, 3.63) is 46.7 Å². The van der Waals surface area contributed by atoms with Crippen LogP contribution in [0.3, 0.4) is 0 Å². The van der Waals surface area contributed by atoms with Crippen molar-refractivity contribution in [2.45, 2.75) is 67.7 Å². The number of halogens is 4. The van der Waals surface area contributed by atoms with Crippen LogP contribution in [0.4, 0.5) is 13.2 Å². The van der Waals surface area contributed by atoms with E-state index in [1.54, 1.807) is 24.4 Å². The quantitative estimate of drug-likeness (QED) is 0.634. The summed E-state index contributed by atoms with van der Waals surface area (Å²) in [6, 6.07) is 4.96. The molecule has 7 rings (SSSR count). The smallest absolute Gasteiger partial charge is 0.480 e. The number of carbonyl (C=O) groups excluding carboxylic acids is 1. The van der Waals surface area contributed by atoms with Gasteiger partial charge in [0.2, 0.25) is 0 Å². The number of nitrogens with zero attached hydrogens (tertiary/aromatic N) is 2. The van der Waals surface area contributed by atoms with Crippen molar-refractivity contribution in [2.24, 2.45) is 5.92 Å². The maximum atomic E-state index is 12.9. The lowest BCUT2D eigenvalue weighted by Crippen LogP contribution is -2.79. The van der Waals surface area contributed by atoms with Gasteiger partial charge in [-0.05, 0) is 61.3 Å². The highest BCUT2D eigenvalue weighted by Gasteiger charge is 2.70. The van der Waals surface area contributed by atoms with Crippen LogP contribution in [0.1, 0.15) is 55.3 Å². The molecule has 4 aliphatic carbocycles. The summed E-state index contributed by atoms with van der Waals surface area (Å²) in [6.45, 7) is -0.324. The number of ether oxygens (including phenoxy) is 2. The Bertz CT molecular complexity index is 1130. The van der Waals surface area contributed by atoms with E-state index in [-0.39, 0.29) is 41.8 Å². The van der Waals surface area contributed by atoms with Crippen LogP contribution in [0, 0.1) is 5.92 Å². The number of hydrogen-bond acceptors (Lipinski definition) is 5. The average molecular weight is 498 g/mol. The number of aliphatic hydroxyl groups excluding tert-OH is 1. The normalized spacial score (nSPS) is 35.4. The van der Waals surface area contributed by atoms with Gasteiger partial charge in [0.1, 0.15) is 5.75 Å². The highest BCUT2D eigenvalue weighted by molar-refractivity contribution is 6.30. The molecule has 2 aromatic rings. The van der Waals surface area contributed by atoms with Crippen LogP contribution in [0.25, 0.3) is 0 Å². The average Bonchev–Trinajstić information content (AvgIpc) is 3.34. The van der Waals surface area contributed by atoms with Gasteiger partial charge in [-0.2, -0.15) is 5.10 Å². The number of fused-ring (bicyclic) bond motifs is 1. The van der Waals surface area contributed by atoms with E-state index in [2.05, 4.69) is 15.2 Å². The van der Waals surface area contributed by atoms with Gasteiger partial charge in [-0.3, -0.25) is 14.2 Å². The van der Waals surface area contributed by atoms with Crippen molar-refractivity contribution in [2.75, 3.05) is 6.61 Å². The first kappa shape index (κ1) is 22.2. The molecule has 4 saturated carbocycles. The molecule has 1 aromatic heterocycles. The molecule has 1 amide bonds. The van der Waals surface area contributed by atoms with Crippen molar-refractivity contribution in [1.82, 2.24) is 15.1 Å². The maximum absolute atomic E-state index is 12.9. The lowest BCUT2D eigenvalue weighted by atomic mass is 9.44. The summed E-state index contributed by atoms with van der Waals surface area (Å²) >= 11 is 5.98. The summed E-state index contributed by atoms with van der Waals surface area (Å²) in [6.07, 6.45) is 0.472. The number of nitrogens with one attached hydrogen (secondary N) is 1. The van der Waals surface area contributed by atoms with Gasteiger partial charge in [0.05, 0.1) is 24.4 Å². The highest BCUT2D eigenvalue weighted by atomic mass is 35.5. The van der Waals surface area contributed by atoms with Gasteiger partial charge in [-0.25, -0.2) is 0 Å². The van der Waals surface area contributed by atoms with Gasteiger partial charge < -0.3 is 15.2 Å². The van der Waals surface area contributed by atoms with Crippen LogP contribution in [0.2, 0.25) is 5.02 Å². The van der Waals surface area contributed by atoms with E-state index in [4.69, 9.17) is 16.3 Å². The minimum absolute atomic E-state index is 0.0461. The van der Waals surface area contributed by atoms with E-state index in [0.717, 1.165) is 24.8 Å². The van der Waals surface area contributed by atoms with Crippen LogP contribution < -0.4 is 10.1 Å². The molecule has 2 heterocycles. The predicted molar refractivity (Wildman–Crippen MR) is 113 cm³/mol. The Morgan fingerprint density at radius 1 is 1.32 bits per heavy atom. The number of hydrogen-bond donors (Lipinski definition) is 2. The third-order valence-electron chi connectivity index (χ3n) is 7.62. The fourth-order valence-electron chi connectivity index (χ4n) is 5.86. The Morgan fingerprint density at radius 2 is 2.09 bits per heavy atom. The number of amides is 1. The number of alkyl halides is 3. The maximum Gasteiger partial charge on any atom is 0.522 e. The third kappa shape index (κ3) is 3.76. The molecule has 5 aliphatic rings. The summed E-state index contributed by atoms with van der Waals surface area (Å²) < 4.78 is 48.4. The lowest BCUT2D eigenvalue weighted by molar-refractivity contribution is -0.326. The molecule has 1 aliphatic heterocycles. The highest BCUT2D eigenvalue weighted by Crippen LogP contribution is 2.65. The van der Waals surface area contributed by atoms with Crippen LogP contribution >= 0.6 is 11.6 Å². The molecule has 0 radical (unpaired) electrons. The van der Waals surface area contributed by atoms with E-state index < -0.39 is 18.6 Å². The second-order valence-corrected chi connectivity index (χ2v) is 10.6. The molecule has 1 aromatic carbocycles. The third-order valence-corrected chi connectivity index (χ3v) is 7.86. The summed E-state index contributed by atoms with van der Waals surface area (Å²) in [7, 11) is 0. The summed E-state index contributed by atoms with van der Waals surface area (Å²) in [5.41, 5.74) is 1.05. The second-order valence-electron chi connectivity index (χ2n) is 10.1. The first-order chi connectivity index (χ1) is 16.0. The summed E-state index contributed by atoms with van der Waals surface area (Å²) in [5, 5.41) is 18.5. The molecule has 34 heavy (non-hydrogen) atoms. The first-order valence-electron chi connectivity index (χ1n) is 11.3. The Labute approximate surface area is 198 Å². The molecular formula is C23H23ClF3N3O4. The molecular weight excluding hydrogens is 475 g/mol. The summed E-state index contributed by atoms with van der Waals surface area (Å²) in [5.74, 6) is 0.120. The van der Waals surface area contributed by atoms with Crippen LogP contribution in [-0.4, -0.2) is 45.4 Å². The van der Waals surface area contributed by atoms with Gasteiger partial charge in [0.15, 0.2) is 6.10 Å². The van der Waals surface area contributed by atoms with Gasteiger partial charge in [-0.15, -0.1) is 13.2 Å². The number of aromatic nitrogens is 2. The molecule has 0 spiro atoms. The molecule has 11 heteroatoms. The van der Waals surface area contributed by atoms with E-state index >= 15 is 0 Å². The van der Waals surface area contributed by atoms with Crippen molar-refractivity contribution in [3.63, 3.8) is 0 Å². The first-order valence-corrected chi connectivity index (χ1v) is 11.6. The predicted octanol–water partition coefficient (Wildman–Crippen LogP) is 3.81. The standard InChI is InChI=1S/C23H23ClF3N3O4/c24-14-1-2-18-16(4-14)17(31)5-19(34-18)20(32)29-21-9-22(10-21,11-21)30-7-13(6-28-30)15-3-12(15)8-33-23(25,26)27/h1-2,4,6-7,12,15,17,19,31H,3,5,8-11H2,(H,29,32)/t12-,15+,17+,19-,21?,22?/m0/s1. The van der Waals surface area contributed by atoms with Gasteiger partial charge in [-0.1, -0.05) is 11.6 Å². The van der Waals surface area contributed by atoms with Crippen molar-refractivity contribution in [1.29, 1.82) is 0 Å². The van der Waals surface area contributed by atoms with Gasteiger partial charge in [0.25, 0.3) is 5.91 Å². The minimum Gasteiger partial charge on any atom is -0.480 e. The zero-order chi connectivity index (χ0) is 23.9.